The summed E-state index contributed by atoms with van der Waals surface area (Å²) in [6.07, 6.45) is 2.75. The Balaban J connectivity index is 2.35. The Bertz CT molecular complexity index is 397. The van der Waals surface area contributed by atoms with Crippen molar-refractivity contribution in [2.24, 2.45) is 0 Å². The van der Waals surface area contributed by atoms with Crippen molar-refractivity contribution in [1.82, 2.24) is 0 Å². The second-order valence-corrected chi connectivity index (χ2v) is 4.54. The summed E-state index contributed by atoms with van der Waals surface area (Å²) in [4.78, 5) is 12.0. The number of hydrogen-bond donors (Lipinski definition) is 0. The SMILES string of the molecule is CCOC(=O)C1(c2ccccc2Cl)CCC1. The van der Waals surface area contributed by atoms with E-state index in [2.05, 4.69) is 0 Å². The molecule has 3 heteroatoms. The summed E-state index contributed by atoms with van der Waals surface area (Å²) in [7, 11) is 0. The monoisotopic (exact) mass is 238 g/mol. The lowest BCUT2D eigenvalue weighted by molar-refractivity contribution is -0.153. The van der Waals surface area contributed by atoms with E-state index in [1.165, 1.54) is 0 Å². The van der Waals surface area contributed by atoms with Crippen LogP contribution in [0.3, 0.4) is 0 Å². The van der Waals surface area contributed by atoms with Gasteiger partial charge in [0.25, 0.3) is 0 Å². The smallest absolute Gasteiger partial charge is 0.316 e. The van der Waals surface area contributed by atoms with Crippen LogP contribution in [0.15, 0.2) is 24.3 Å². The van der Waals surface area contributed by atoms with Crippen LogP contribution in [-0.4, -0.2) is 12.6 Å². The molecule has 1 aromatic carbocycles. The number of halogens is 1. The van der Waals surface area contributed by atoms with Gasteiger partial charge in [-0.15, -0.1) is 0 Å². The van der Waals surface area contributed by atoms with Gasteiger partial charge < -0.3 is 4.74 Å². The van der Waals surface area contributed by atoms with Gasteiger partial charge >= 0.3 is 5.97 Å². The predicted octanol–water partition coefficient (Wildman–Crippen LogP) is 3.32. The molecule has 0 atom stereocenters. The van der Waals surface area contributed by atoms with Crippen LogP contribution < -0.4 is 0 Å². The minimum atomic E-state index is -0.478. The summed E-state index contributed by atoms with van der Waals surface area (Å²) in [6, 6.07) is 7.55. The Hall–Kier alpha value is -1.02. The first kappa shape index (κ1) is 11.5. The second kappa shape index (κ2) is 4.46. The fourth-order valence-electron chi connectivity index (χ4n) is 2.23. The van der Waals surface area contributed by atoms with Crippen molar-refractivity contribution in [3.63, 3.8) is 0 Å². The molecule has 2 rings (SSSR count). The molecule has 1 fully saturated rings. The molecule has 1 aromatic rings. The zero-order valence-corrected chi connectivity index (χ0v) is 10.1. The largest absolute Gasteiger partial charge is 0.465 e. The van der Waals surface area contributed by atoms with Crippen molar-refractivity contribution >= 4 is 17.6 Å². The zero-order valence-electron chi connectivity index (χ0n) is 9.33. The molecule has 0 unspecified atom stereocenters. The van der Waals surface area contributed by atoms with Gasteiger partial charge in [0.15, 0.2) is 0 Å². The molecule has 0 aliphatic heterocycles. The van der Waals surface area contributed by atoms with Crippen LogP contribution in [0, 0.1) is 0 Å². The second-order valence-electron chi connectivity index (χ2n) is 4.14. The molecule has 0 heterocycles. The molecule has 0 aromatic heterocycles. The third-order valence-electron chi connectivity index (χ3n) is 3.26. The summed E-state index contributed by atoms with van der Waals surface area (Å²) >= 11 is 6.16. The Labute approximate surface area is 101 Å². The van der Waals surface area contributed by atoms with E-state index in [-0.39, 0.29) is 5.97 Å². The Kier molecular flexibility index (Phi) is 3.20. The van der Waals surface area contributed by atoms with Gasteiger partial charge in [0, 0.05) is 5.02 Å². The lowest BCUT2D eigenvalue weighted by atomic mass is 9.64. The van der Waals surface area contributed by atoms with Crippen molar-refractivity contribution in [2.75, 3.05) is 6.61 Å². The van der Waals surface area contributed by atoms with Gasteiger partial charge in [-0.05, 0) is 31.4 Å². The van der Waals surface area contributed by atoms with Gasteiger partial charge in [0.2, 0.25) is 0 Å². The minimum Gasteiger partial charge on any atom is -0.465 e. The van der Waals surface area contributed by atoms with Gasteiger partial charge in [-0.2, -0.15) is 0 Å². The summed E-state index contributed by atoms with van der Waals surface area (Å²) in [5, 5.41) is 0.662. The van der Waals surface area contributed by atoms with Gasteiger partial charge in [-0.3, -0.25) is 4.79 Å². The number of esters is 1. The highest BCUT2D eigenvalue weighted by molar-refractivity contribution is 6.31. The van der Waals surface area contributed by atoms with Crippen LogP contribution in [-0.2, 0) is 14.9 Å². The van der Waals surface area contributed by atoms with Gasteiger partial charge in [0.05, 0.1) is 12.0 Å². The lowest BCUT2D eigenvalue weighted by Crippen LogP contribution is -2.43. The molecule has 0 radical (unpaired) electrons. The Morgan fingerprint density at radius 3 is 2.62 bits per heavy atom. The third-order valence-corrected chi connectivity index (χ3v) is 3.59. The first-order chi connectivity index (χ1) is 7.70. The molecular formula is C13H15ClO2. The van der Waals surface area contributed by atoms with E-state index < -0.39 is 5.41 Å². The average molecular weight is 239 g/mol. The molecule has 2 nitrogen and oxygen atoms in total. The number of hydrogen-bond acceptors (Lipinski definition) is 2. The van der Waals surface area contributed by atoms with Crippen LogP contribution in [0.5, 0.6) is 0 Å². The number of ether oxygens (including phenoxy) is 1. The fraction of sp³-hybridized carbons (Fsp3) is 0.462. The topological polar surface area (TPSA) is 26.3 Å². The van der Waals surface area contributed by atoms with Gasteiger partial charge in [0.1, 0.15) is 0 Å². The summed E-state index contributed by atoms with van der Waals surface area (Å²) in [5.41, 5.74) is 0.440. The summed E-state index contributed by atoms with van der Waals surface area (Å²) in [5.74, 6) is -0.130. The molecule has 1 aliphatic rings. The van der Waals surface area contributed by atoms with Crippen molar-refractivity contribution in [3.05, 3.63) is 34.9 Å². The number of rotatable bonds is 3. The van der Waals surface area contributed by atoms with E-state index in [9.17, 15) is 4.79 Å². The Morgan fingerprint density at radius 1 is 1.44 bits per heavy atom. The maximum Gasteiger partial charge on any atom is 0.316 e. The van der Waals surface area contributed by atoms with E-state index in [0.29, 0.717) is 11.6 Å². The normalized spacial score (nSPS) is 17.6. The highest BCUT2D eigenvalue weighted by Gasteiger charge is 2.47. The van der Waals surface area contributed by atoms with Crippen LogP contribution >= 0.6 is 11.6 Å². The molecule has 86 valence electrons. The molecule has 0 amide bonds. The number of carbonyl (C=O) groups excluding carboxylic acids is 1. The standard InChI is InChI=1S/C13H15ClO2/c1-2-16-12(15)13(8-5-9-13)10-6-3-4-7-11(10)14/h3-4,6-7H,2,5,8-9H2,1H3. The summed E-state index contributed by atoms with van der Waals surface area (Å²) < 4.78 is 5.16. The molecule has 0 saturated heterocycles. The van der Waals surface area contributed by atoms with E-state index in [1.807, 2.05) is 31.2 Å². The van der Waals surface area contributed by atoms with Gasteiger partial charge in [-0.1, -0.05) is 36.2 Å². The molecule has 1 aliphatic carbocycles. The van der Waals surface area contributed by atoms with Crippen molar-refractivity contribution in [2.45, 2.75) is 31.6 Å². The number of carbonyl (C=O) groups is 1. The zero-order chi connectivity index (χ0) is 11.6. The minimum absolute atomic E-state index is 0.130. The Morgan fingerprint density at radius 2 is 2.12 bits per heavy atom. The third kappa shape index (κ3) is 1.71. The quantitative estimate of drug-likeness (QED) is 0.755. The lowest BCUT2D eigenvalue weighted by Gasteiger charge is -2.40. The molecule has 16 heavy (non-hydrogen) atoms. The van der Waals surface area contributed by atoms with Crippen LogP contribution in [0.25, 0.3) is 0 Å². The highest BCUT2D eigenvalue weighted by atomic mass is 35.5. The fourth-order valence-corrected chi connectivity index (χ4v) is 2.55. The van der Waals surface area contributed by atoms with Gasteiger partial charge in [-0.25, -0.2) is 0 Å². The number of benzene rings is 1. The molecule has 1 saturated carbocycles. The molecule has 0 N–H and O–H groups in total. The van der Waals surface area contributed by atoms with Crippen molar-refractivity contribution in [1.29, 1.82) is 0 Å². The molecule has 0 bridgehead atoms. The van der Waals surface area contributed by atoms with E-state index in [1.54, 1.807) is 0 Å². The molecular weight excluding hydrogens is 224 g/mol. The van der Waals surface area contributed by atoms with Crippen LogP contribution in [0.2, 0.25) is 5.02 Å². The predicted molar refractivity (Wildman–Crippen MR) is 63.6 cm³/mol. The summed E-state index contributed by atoms with van der Waals surface area (Å²) in [6.45, 7) is 2.25. The maximum atomic E-state index is 12.0. The first-order valence-corrected chi connectivity index (χ1v) is 6.01. The first-order valence-electron chi connectivity index (χ1n) is 5.63. The van der Waals surface area contributed by atoms with Crippen LogP contribution in [0.4, 0.5) is 0 Å². The highest BCUT2D eigenvalue weighted by Crippen LogP contribution is 2.47. The van der Waals surface area contributed by atoms with Crippen molar-refractivity contribution < 1.29 is 9.53 Å². The average Bonchev–Trinajstić information content (AvgIpc) is 2.19. The van der Waals surface area contributed by atoms with E-state index in [4.69, 9.17) is 16.3 Å². The van der Waals surface area contributed by atoms with Crippen molar-refractivity contribution in [3.8, 4) is 0 Å². The van der Waals surface area contributed by atoms with Crippen LogP contribution in [0.1, 0.15) is 31.7 Å². The van der Waals surface area contributed by atoms with E-state index in [0.717, 1.165) is 24.8 Å². The maximum absolute atomic E-state index is 12.0. The van der Waals surface area contributed by atoms with E-state index >= 15 is 0 Å². The molecule has 0 spiro atoms.